The van der Waals surface area contributed by atoms with Crippen LogP contribution in [0, 0.1) is 0 Å². The van der Waals surface area contributed by atoms with Gasteiger partial charge in [0.1, 0.15) is 5.82 Å². The number of likely N-dealkylation sites (N-methyl/N-ethyl adjacent to an activating group) is 1. The summed E-state index contributed by atoms with van der Waals surface area (Å²) in [5.41, 5.74) is 0.930. The van der Waals surface area contributed by atoms with E-state index in [1.165, 1.54) is 0 Å². The van der Waals surface area contributed by atoms with Crippen LogP contribution in [0.2, 0.25) is 5.02 Å². The Hall–Kier alpha value is -1.09. The second-order valence-corrected chi connectivity index (χ2v) is 3.39. The van der Waals surface area contributed by atoms with E-state index in [1.54, 1.807) is 17.2 Å². The molecule has 0 spiro atoms. The maximum Gasteiger partial charge on any atom is 0.232 e. The third-order valence-corrected chi connectivity index (χ3v) is 2.33. The number of hydrogen-bond donors (Lipinski definition) is 0. The quantitative estimate of drug-likeness (QED) is 0.684. The average molecular weight is 197 g/mol. The molecule has 4 heteroatoms. The molecule has 2 heterocycles. The topological polar surface area (TPSA) is 33.2 Å². The van der Waals surface area contributed by atoms with Crippen LogP contribution in [0.1, 0.15) is 12.5 Å². The van der Waals surface area contributed by atoms with Gasteiger partial charge in [0.25, 0.3) is 0 Å². The van der Waals surface area contributed by atoms with Crippen molar-refractivity contribution in [1.29, 1.82) is 0 Å². The number of fused-ring (bicyclic) bond motifs is 1. The number of anilines is 1. The maximum atomic E-state index is 11.4. The van der Waals surface area contributed by atoms with E-state index in [0.717, 1.165) is 11.4 Å². The van der Waals surface area contributed by atoms with Crippen molar-refractivity contribution in [3.63, 3.8) is 0 Å². The Bertz CT molecular complexity index is 365. The lowest BCUT2D eigenvalue weighted by molar-refractivity contribution is -0.117. The summed E-state index contributed by atoms with van der Waals surface area (Å²) in [5, 5.41) is 0.588. The fourth-order valence-corrected chi connectivity index (χ4v) is 1.73. The van der Waals surface area contributed by atoms with E-state index in [2.05, 4.69) is 4.98 Å². The van der Waals surface area contributed by atoms with E-state index in [0.29, 0.717) is 18.0 Å². The fraction of sp³-hybridized carbons (Fsp3) is 0.333. The standard InChI is InChI=1S/C9H9ClN2O/c1-2-12-8(13)4-6-3-7(10)5-11-9(6)12/h3,5H,2,4H2,1H3. The summed E-state index contributed by atoms with van der Waals surface area (Å²) in [5.74, 6) is 0.865. The lowest BCUT2D eigenvalue weighted by atomic mass is 10.2. The highest BCUT2D eigenvalue weighted by molar-refractivity contribution is 6.30. The first kappa shape index (κ1) is 8.51. The van der Waals surface area contributed by atoms with Crippen molar-refractivity contribution in [2.75, 3.05) is 11.4 Å². The highest BCUT2D eigenvalue weighted by Crippen LogP contribution is 2.27. The molecule has 1 aliphatic heterocycles. The summed E-state index contributed by atoms with van der Waals surface area (Å²) in [6, 6.07) is 1.80. The molecule has 0 unspecified atom stereocenters. The summed E-state index contributed by atoms with van der Waals surface area (Å²) >= 11 is 5.77. The van der Waals surface area contributed by atoms with Gasteiger partial charge in [-0.1, -0.05) is 11.6 Å². The SMILES string of the molecule is CCN1C(=O)Cc2cc(Cl)cnc21. The van der Waals surface area contributed by atoms with Gasteiger partial charge in [0.05, 0.1) is 11.4 Å². The van der Waals surface area contributed by atoms with E-state index < -0.39 is 0 Å². The molecule has 2 rings (SSSR count). The average Bonchev–Trinajstić information content (AvgIpc) is 2.39. The van der Waals surface area contributed by atoms with Crippen molar-refractivity contribution < 1.29 is 4.79 Å². The van der Waals surface area contributed by atoms with Gasteiger partial charge in [-0.15, -0.1) is 0 Å². The van der Waals surface area contributed by atoms with Crippen molar-refractivity contribution >= 4 is 23.3 Å². The van der Waals surface area contributed by atoms with E-state index in [-0.39, 0.29) is 5.91 Å². The first-order chi connectivity index (χ1) is 6.22. The van der Waals surface area contributed by atoms with E-state index in [4.69, 9.17) is 11.6 Å². The lowest BCUT2D eigenvalue weighted by Crippen LogP contribution is -2.26. The molecule has 3 nitrogen and oxygen atoms in total. The van der Waals surface area contributed by atoms with Crippen molar-refractivity contribution in [2.45, 2.75) is 13.3 Å². The van der Waals surface area contributed by atoms with Gasteiger partial charge >= 0.3 is 0 Å². The van der Waals surface area contributed by atoms with Gasteiger partial charge in [-0.3, -0.25) is 9.69 Å². The van der Waals surface area contributed by atoms with E-state index in [9.17, 15) is 4.79 Å². The molecule has 1 aromatic rings. The van der Waals surface area contributed by atoms with Gasteiger partial charge in [-0.05, 0) is 13.0 Å². The fourth-order valence-electron chi connectivity index (χ4n) is 1.55. The number of halogens is 1. The first-order valence-corrected chi connectivity index (χ1v) is 4.55. The number of aromatic nitrogens is 1. The predicted molar refractivity (Wildman–Crippen MR) is 51.0 cm³/mol. The second-order valence-electron chi connectivity index (χ2n) is 2.95. The van der Waals surface area contributed by atoms with Gasteiger partial charge in [0.2, 0.25) is 5.91 Å². The third kappa shape index (κ3) is 1.29. The number of carbonyl (C=O) groups is 1. The van der Waals surface area contributed by atoms with Crippen LogP contribution in [-0.2, 0) is 11.2 Å². The van der Waals surface area contributed by atoms with E-state index in [1.807, 2.05) is 6.92 Å². The monoisotopic (exact) mass is 196 g/mol. The largest absolute Gasteiger partial charge is 0.297 e. The molecule has 0 saturated carbocycles. The zero-order chi connectivity index (χ0) is 9.42. The van der Waals surface area contributed by atoms with Crippen LogP contribution < -0.4 is 4.90 Å². The Kier molecular flexibility index (Phi) is 1.96. The Morgan fingerprint density at radius 1 is 1.69 bits per heavy atom. The number of rotatable bonds is 1. The van der Waals surface area contributed by atoms with Gasteiger partial charge < -0.3 is 0 Å². The Labute approximate surface area is 81.3 Å². The van der Waals surface area contributed by atoms with Crippen molar-refractivity contribution in [2.24, 2.45) is 0 Å². The molecule has 0 aliphatic carbocycles. The molecule has 1 aliphatic rings. The molecule has 68 valence electrons. The van der Waals surface area contributed by atoms with Crippen LogP contribution in [0.3, 0.4) is 0 Å². The highest BCUT2D eigenvalue weighted by atomic mass is 35.5. The zero-order valence-electron chi connectivity index (χ0n) is 7.25. The van der Waals surface area contributed by atoms with Crippen LogP contribution in [0.25, 0.3) is 0 Å². The molecule has 13 heavy (non-hydrogen) atoms. The smallest absolute Gasteiger partial charge is 0.232 e. The van der Waals surface area contributed by atoms with Crippen molar-refractivity contribution in [3.05, 3.63) is 22.8 Å². The van der Waals surface area contributed by atoms with Crippen LogP contribution in [0.5, 0.6) is 0 Å². The van der Waals surface area contributed by atoms with Crippen molar-refractivity contribution in [3.8, 4) is 0 Å². The minimum absolute atomic E-state index is 0.104. The first-order valence-electron chi connectivity index (χ1n) is 4.17. The summed E-state index contributed by atoms with van der Waals surface area (Å²) in [4.78, 5) is 17.2. The molecular formula is C9H9ClN2O. The predicted octanol–water partition coefficient (Wildman–Crippen LogP) is 1.64. The molecule has 0 atom stereocenters. The Balaban J connectivity index is 2.48. The number of pyridine rings is 1. The molecule has 0 fully saturated rings. The van der Waals surface area contributed by atoms with Crippen molar-refractivity contribution in [1.82, 2.24) is 4.98 Å². The highest BCUT2D eigenvalue weighted by Gasteiger charge is 2.26. The van der Waals surface area contributed by atoms with Crippen LogP contribution in [0.4, 0.5) is 5.82 Å². The van der Waals surface area contributed by atoms with Gasteiger partial charge in [-0.2, -0.15) is 0 Å². The summed E-state index contributed by atoms with van der Waals surface area (Å²) in [6.07, 6.45) is 2.00. The minimum atomic E-state index is 0.104. The van der Waals surface area contributed by atoms with Crippen LogP contribution in [0.15, 0.2) is 12.3 Å². The molecule has 0 radical (unpaired) electrons. The molecule has 1 amide bonds. The number of amides is 1. The lowest BCUT2D eigenvalue weighted by Gasteiger charge is -2.12. The van der Waals surface area contributed by atoms with E-state index >= 15 is 0 Å². The number of carbonyl (C=O) groups excluding carboxylic acids is 1. The number of hydrogen-bond acceptors (Lipinski definition) is 2. The van der Waals surface area contributed by atoms with Gasteiger partial charge in [0.15, 0.2) is 0 Å². The minimum Gasteiger partial charge on any atom is -0.297 e. The molecular weight excluding hydrogens is 188 g/mol. The molecule has 0 N–H and O–H groups in total. The number of nitrogens with zero attached hydrogens (tertiary/aromatic N) is 2. The Morgan fingerprint density at radius 3 is 3.15 bits per heavy atom. The normalized spacial score (nSPS) is 14.9. The molecule has 0 saturated heterocycles. The summed E-state index contributed by atoms with van der Waals surface area (Å²) < 4.78 is 0. The summed E-state index contributed by atoms with van der Waals surface area (Å²) in [7, 11) is 0. The Morgan fingerprint density at radius 2 is 2.46 bits per heavy atom. The van der Waals surface area contributed by atoms with Gasteiger partial charge in [0, 0.05) is 18.3 Å². The third-order valence-electron chi connectivity index (χ3n) is 2.12. The van der Waals surface area contributed by atoms with Crippen LogP contribution >= 0.6 is 11.6 Å². The molecule has 1 aromatic heterocycles. The maximum absolute atomic E-state index is 11.4. The second kappa shape index (κ2) is 3.00. The van der Waals surface area contributed by atoms with Gasteiger partial charge in [-0.25, -0.2) is 4.98 Å². The van der Waals surface area contributed by atoms with Crippen LogP contribution in [-0.4, -0.2) is 17.4 Å². The molecule has 0 bridgehead atoms. The molecule has 0 aromatic carbocycles. The zero-order valence-corrected chi connectivity index (χ0v) is 8.01. The summed E-state index contributed by atoms with van der Waals surface area (Å²) in [6.45, 7) is 2.60.